The molecule has 0 saturated heterocycles. The van der Waals surface area contributed by atoms with Crippen molar-refractivity contribution in [3.8, 4) is 11.5 Å². The number of rotatable bonds is 5. The van der Waals surface area contributed by atoms with Gasteiger partial charge in [0.2, 0.25) is 0 Å². The second-order valence-electron chi connectivity index (χ2n) is 5.90. The minimum atomic E-state index is 0.209. The van der Waals surface area contributed by atoms with Gasteiger partial charge in [0.25, 0.3) is 0 Å². The molecule has 1 aromatic carbocycles. The maximum Gasteiger partial charge on any atom is 0.142 e. The van der Waals surface area contributed by atoms with E-state index in [2.05, 4.69) is 13.5 Å². The number of phenols is 1. The third kappa shape index (κ3) is 3.47. The summed E-state index contributed by atoms with van der Waals surface area (Å²) < 4.78 is 5.88. The zero-order valence-corrected chi connectivity index (χ0v) is 12.3. The Morgan fingerprint density at radius 2 is 2.05 bits per heavy atom. The largest absolute Gasteiger partial charge is 0.508 e. The molecule has 1 aromatic rings. The molecule has 0 aromatic heterocycles. The molecule has 3 N–H and O–H groups in total. The Morgan fingerprint density at radius 3 is 2.70 bits per heavy atom. The van der Waals surface area contributed by atoms with E-state index in [-0.39, 0.29) is 5.75 Å². The van der Waals surface area contributed by atoms with Crippen LogP contribution < -0.4 is 10.5 Å². The lowest BCUT2D eigenvalue weighted by atomic mass is 9.83. The third-order valence-corrected chi connectivity index (χ3v) is 4.25. The van der Waals surface area contributed by atoms with Gasteiger partial charge in [0.15, 0.2) is 0 Å². The van der Waals surface area contributed by atoms with Crippen molar-refractivity contribution in [1.29, 1.82) is 0 Å². The molecular weight excluding hydrogens is 250 g/mol. The third-order valence-electron chi connectivity index (χ3n) is 4.25. The van der Waals surface area contributed by atoms with Crippen LogP contribution in [0, 0.1) is 11.8 Å². The summed E-state index contributed by atoms with van der Waals surface area (Å²) in [4.78, 5) is 0. The highest BCUT2D eigenvalue weighted by molar-refractivity contribution is 5.63. The van der Waals surface area contributed by atoms with Crippen LogP contribution in [0.5, 0.6) is 11.5 Å². The number of aromatic hydroxyl groups is 1. The van der Waals surface area contributed by atoms with Crippen LogP contribution >= 0.6 is 0 Å². The summed E-state index contributed by atoms with van der Waals surface area (Å²) in [6, 6.07) is 3.40. The summed E-state index contributed by atoms with van der Waals surface area (Å²) in [5.74, 6) is 2.37. The van der Waals surface area contributed by atoms with E-state index in [0.29, 0.717) is 29.3 Å². The molecule has 1 fully saturated rings. The molecule has 2 rings (SSSR count). The average Bonchev–Trinajstić information content (AvgIpc) is 2.44. The van der Waals surface area contributed by atoms with E-state index >= 15 is 0 Å². The van der Waals surface area contributed by atoms with Crippen LogP contribution in [-0.4, -0.2) is 11.7 Å². The molecule has 3 heteroatoms. The fourth-order valence-electron chi connectivity index (χ4n) is 2.82. The first kappa shape index (κ1) is 14.8. The van der Waals surface area contributed by atoms with Gasteiger partial charge in [0.05, 0.1) is 12.3 Å². The standard InChI is InChI=1S/C17H25NO2/c1-3-4-14-15(19)9-10-16(17(14)18)20-11-13-7-5-12(2)6-8-13/h3,9-10,12-13,19H,1,4-8,11,18H2,2H3. The Morgan fingerprint density at radius 1 is 1.35 bits per heavy atom. The van der Waals surface area contributed by atoms with Gasteiger partial charge in [-0.15, -0.1) is 6.58 Å². The molecule has 0 bridgehead atoms. The Labute approximate surface area is 121 Å². The number of phenolic OH excluding ortho intramolecular Hbond substituents is 1. The number of benzene rings is 1. The van der Waals surface area contributed by atoms with E-state index in [0.717, 1.165) is 12.5 Å². The predicted molar refractivity (Wildman–Crippen MR) is 83.0 cm³/mol. The van der Waals surface area contributed by atoms with Crippen LogP contribution in [0.4, 0.5) is 5.69 Å². The molecule has 0 atom stereocenters. The summed E-state index contributed by atoms with van der Waals surface area (Å²) in [7, 11) is 0. The molecule has 3 nitrogen and oxygen atoms in total. The summed E-state index contributed by atoms with van der Waals surface area (Å²) in [5, 5.41) is 9.81. The Hall–Kier alpha value is -1.64. The number of ether oxygens (including phenoxy) is 1. The van der Waals surface area contributed by atoms with Crippen molar-refractivity contribution >= 4 is 5.69 Å². The van der Waals surface area contributed by atoms with E-state index in [1.54, 1.807) is 18.2 Å². The Kier molecular flexibility index (Phi) is 4.94. The molecule has 1 saturated carbocycles. The second kappa shape index (κ2) is 6.69. The molecule has 0 heterocycles. The van der Waals surface area contributed by atoms with Crippen LogP contribution in [0.1, 0.15) is 38.2 Å². The van der Waals surface area contributed by atoms with Gasteiger partial charge in [-0.25, -0.2) is 0 Å². The van der Waals surface area contributed by atoms with Crippen molar-refractivity contribution in [1.82, 2.24) is 0 Å². The monoisotopic (exact) mass is 275 g/mol. The van der Waals surface area contributed by atoms with Gasteiger partial charge >= 0.3 is 0 Å². The molecule has 0 radical (unpaired) electrons. The number of nitrogen functional groups attached to an aromatic ring is 1. The fourth-order valence-corrected chi connectivity index (χ4v) is 2.82. The first-order valence-corrected chi connectivity index (χ1v) is 7.45. The van der Waals surface area contributed by atoms with Gasteiger partial charge in [-0.1, -0.05) is 25.8 Å². The van der Waals surface area contributed by atoms with Crippen LogP contribution in [0.25, 0.3) is 0 Å². The van der Waals surface area contributed by atoms with Crippen LogP contribution in [0.2, 0.25) is 0 Å². The van der Waals surface area contributed by atoms with Gasteiger partial charge in [-0.05, 0) is 43.2 Å². The van der Waals surface area contributed by atoms with Crippen LogP contribution in [0.15, 0.2) is 24.8 Å². The van der Waals surface area contributed by atoms with Crippen molar-refractivity contribution in [2.45, 2.75) is 39.0 Å². The topological polar surface area (TPSA) is 55.5 Å². The van der Waals surface area contributed by atoms with Gasteiger partial charge in [-0.2, -0.15) is 0 Å². The van der Waals surface area contributed by atoms with Crippen molar-refractivity contribution in [2.75, 3.05) is 12.3 Å². The Bertz CT molecular complexity index is 462. The predicted octanol–water partition coefficient (Wildman–Crippen LogP) is 3.91. The molecule has 0 unspecified atom stereocenters. The van der Waals surface area contributed by atoms with E-state index in [1.807, 2.05) is 0 Å². The van der Waals surface area contributed by atoms with Gasteiger partial charge in [0, 0.05) is 5.56 Å². The van der Waals surface area contributed by atoms with Gasteiger partial charge in [0.1, 0.15) is 11.5 Å². The molecule has 0 amide bonds. The number of anilines is 1. The summed E-state index contributed by atoms with van der Waals surface area (Å²) in [6.07, 6.45) is 7.34. The van der Waals surface area contributed by atoms with Gasteiger partial charge in [-0.3, -0.25) is 0 Å². The molecule has 0 aliphatic heterocycles. The fraction of sp³-hybridized carbons (Fsp3) is 0.529. The smallest absolute Gasteiger partial charge is 0.142 e. The van der Waals surface area contributed by atoms with Crippen molar-refractivity contribution in [2.24, 2.45) is 11.8 Å². The molecule has 20 heavy (non-hydrogen) atoms. The molecule has 110 valence electrons. The lowest BCUT2D eigenvalue weighted by Crippen LogP contribution is -2.19. The Balaban J connectivity index is 1.99. The summed E-state index contributed by atoms with van der Waals surface area (Å²) in [5.41, 5.74) is 7.31. The highest BCUT2D eigenvalue weighted by atomic mass is 16.5. The zero-order valence-electron chi connectivity index (χ0n) is 12.3. The highest BCUT2D eigenvalue weighted by Crippen LogP contribution is 2.34. The number of nitrogens with two attached hydrogens (primary N) is 1. The van der Waals surface area contributed by atoms with E-state index < -0.39 is 0 Å². The van der Waals surface area contributed by atoms with E-state index in [1.165, 1.54) is 25.7 Å². The maximum absolute atomic E-state index is 9.81. The maximum atomic E-state index is 9.81. The number of hydrogen-bond donors (Lipinski definition) is 2. The quantitative estimate of drug-likeness (QED) is 0.633. The van der Waals surface area contributed by atoms with Gasteiger partial charge < -0.3 is 15.6 Å². The highest BCUT2D eigenvalue weighted by Gasteiger charge is 2.19. The number of hydrogen-bond acceptors (Lipinski definition) is 3. The lowest BCUT2D eigenvalue weighted by molar-refractivity contribution is 0.188. The zero-order chi connectivity index (χ0) is 14.5. The summed E-state index contributed by atoms with van der Waals surface area (Å²) >= 11 is 0. The first-order valence-electron chi connectivity index (χ1n) is 7.45. The van der Waals surface area contributed by atoms with Crippen LogP contribution in [-0.2, 0) is 6.42 Å². The SMILES string of the molecule is C=CCc1c(O)ccc(OCC2CCC(C)CC2)c1N. The summed E-state index contributed by atoms with van der Waals surface area (Å²) in [6.45, 7) is 6.72. The molecule has 0 spiro atoms. The molecule has 1 aliphatic carbocycles. The molecule has 1 aliphatic rings. The minimum absolute atomic E-state index is 0.209. The van der Waals surface area contributed by atoms with E-state index in [9.17, 15) is 5.11 Å². The van der Waals surface area contributed by atoms with Crippen LogP contribution in [0.3, 0.4) is 0 Å². The van der Waals surface area contributed by atoms with Crippen molar-refractivity contribution in [3.05, 3.63) is 30.4 Å². The normalized spacial score (nSPS) is 22.4. The molecular formula is C17H25NO2. The van der Waals surface area contributed by atoms with E-state index in [4.69, 9.17) is 10.5 Å². The number of allylic oxidation sites excluding steroid dienone is 1. The second-order valence-corrected chi connectivity index (χ2v) is 5.90. The lowest BCUT2D eigenvalue weighted by Gasteiger charge is -2.26. The van der Waals surface area contributed by atoms with Crippen molar-refractivity contribution < 1.29 is 9.84 Å². The first-order chi connectivity index (χ1) is 9.61. The minimum Gasteiger partial charge on any atom is -0.508 e. The van der Waals surface area contributed by atoms with Crippen molar-refractivity contribution in [3.63, 3.8) is 0 Å². The average molecular weight is 275 g/mol.